The largest absolute Gasteiger partial charge is 0.476 e. The minimum absolute atomic E-state index is 0.270. The summed E-state index contributed by atoms with van der Waals surface area (Å²) < 4.78 is 73.9. The highest BCUT2D eigenvalue weighted by atomic mass is 19.4. The fourth-order valence-electron chi connectivity index (χ4n) is 1.04. The molecule has 0 amide bonds. The van der Waals surface area contributed by atoms with Crippen LogP contribution in [-0.2, 0) is 6.18 Å². The molecule has 0 fully saturated rings. The Morgan fingerprint density at radius 1 is 1.35 bits per heavy atom. The van der Waals surface area contributed by atoms with Crippen molar-refractivity contribution in [1.29, 1.82) is 0 Å². The van der Waals surface area contributed by atoms with Crippen molar-refractivity contribution >= 4 is 5.97 Å². The van der Waals surface area contributed by atoms with Crippen LogP contribution in [0.4, 0.5) is 26.3 Å². The minimum atomic E-state index is -5.12. The fourth-order valence-corrected chi connectivity index (χ4v) is 1.04. The molecule has 94 valence electrons. The summed E-state index contributed by atoms with van der Waals surface area (Å²) in [4.78, 5) is 12.9. The van der Waals surface area contributed by atoms with Gasteiger partial charge in [0.15, 0.2) is 5.69 Å². The lowest BCUT2D eigenvalue weighted by Crippen LogP contribution is -2.16. The molecular weight excluding hydrogens is 256 g/mol. The maximum atomic E-state index is 13.0. The van der Waals surface area contributed by atoms with E-state index in [1.165, 1.54) is 0 Å². The fraction of sp³-hybridized carbons (Fsp3) is 0.250. The Kier molecular flexibility index (Phi) is 3.30. The van der Waals surface area contributed by atoms with E-state index in [2.05, 4.69) is 4.98 Å². The van der Waals surface area contributed by atoms with Crippen LogP contribution in [0.5, 0.6) is 0 Å². The standard InChI is InChI=1S/C8H3F6NO2/c9-2-1-3(8(12,13)14)15-5(7(16)17)4(2)6(10)11/h1,6H,(H,16,17). The first-order valence-electron chi connectivity index (χ1n) is 3.93. The number of carbonyl (C=O) groups is 1. The highest BCUT2D eigenvalue weighted by molar-refractivity contribution is 5.87. The van der Waals surface area contributed by atoms with Gasteiger partial charge in [0.05, 0.1) is 5.56 Å². The van der Waals surface area contributed by atoms with Crippen molar-refractivity contribution in [3.05, 3.63) is 28.8 Å². The van der Waals surface area contributed by atoms with Gasteiger partial charge in [-0.3, -0.25) is 0 Å². The molecule has 9 heteroatoms. The lowest BCUT2D eigenvalue weighted by atomic mass is 10.1. The second kappa shape index (κ2) is 4.22. The molecule has 0 saturated carbocycles. The van der Waals surface area contributed by atoms with E-state index in [4.69, 9.17) is 5.11 Å². The molecule has 1 rings (SSSR count). The van der Waals surface area contributed by atoms with Crippen LogP contribution in [0.25, 0.3) is 0 Å². The molecule has 1 aromatic rings. The summed E-state index contributed by atoms with van der Waals surface area (Å²) in [6.07, 6.45) is -8.69. The van der Waals surface area contributed by atoms with Gasteiger partial charge in [0.25, 0.3) is 6.43 Å². The number of aromatic nitrogens is 1. The van der Waals surface area contributed by atoms with Gasteiger partial charge in [-0.1, -0.05) is 0 Å². The summed E-state index contributed by atoms with van der Waals surface area (Å²) >= 11 is 0. The highest BCUT2D eigenvalue weighted by Gasteiger charge is 2.36. The summed E-state index contributed by atoms with van der Waals surface area (Å²) in [7, 11) is 0. The lowest BCUT2D eigenvalue weighted by Gasteiger charge is -2.10. The normalized spacial score (nSPS) is 11.9. The predicted molar refractivity (Wildman–Crippen MR) is 41.1 cm³/mol. The summed E-state index contributed by atoms with van der Waals surface area (Å²) in [5, 5.41) is 8.40. The van der Waals surface area contributed by atoms with Gasteiger partial charge in [-0.2, -0.15) is 13.2 Å². The average Bonchev–Trinajstić information content (AvgIpc) is 2.13. The SMILES string of the molecule is O=C(O)c1nc(C(F)(F)F)cc(F)c1C(F)F. The number of carboxylic acids is 1. The van der Waals surface area contributed by atoms with Crippen LogP contribution in [0.1, 0.15) is 28.2 Å². The maximum Gasteiger partial charge on any atom is 0.433 e. The van der Waals surface area contributed by atoms with Gasteiger partial charge in [0.2, 0.25) is 0 Å². The number of carboxylic acid groups (broad SMARTS) is 1. The van der Waals surface area contributed by atoms with E-state index in [-0.39, 0.29) is 6.07 Å². The quantitative estimate of drug-likeness (QED) is 0.831. The van der Waals surface area contributed by atoms with Gasteiger partial charge in [-0.15, -0.1) is 0 Å². The molecule has 0 spiro atoms. The molecule has 0 aliphatic carbocycles. The number of halogens is 6. The molecule has 0 aliphatic heterocycles. The van der Waals surface area contributed by atoms with Crippen molar-refractivity contribution in [2.45, 2.75) is 12.6 Å². The number of hydrogen-bond donors (Lipinski definition) is 1. The zero-order chi connectivity index (χ0) is 13.4. The van der Waals surface area contributed by atoms with Gasteiger partial charge >= 0.3 is 12.1 Å². The van der Waals surface area contributed by atoms with Crippen molar-refractivity contribution in [2.75, 3.05) is 0 Å². The minimum Gasteiger partial charge on any atom is -0.476 e. The number of hydrogen-bond acceptors (Lipinski definition) is 2. The Hall–Kier alpha value is -1.80. The molecular formula is C8H3F6NO2. The molecule has 0 aliphatic rings. The third-order valence-electron chi connectivity index (χ3n) is 1.72. The van der Waals surface area contributed by atoms with Crippen molar-refractivity contribution in [3.8, 4) is 0 Å². The molecule has 17 heavy (non-hydrogen) atoms. The Morgan fingerprint density at radius 2 is 1.88 bits per heavy atom. The van der Waals surface area contributed by atoms with Crippen molar-refractivity contribution in [3.63, 3.8) is 0 Å². The van der Waals surface area contributed by atoms with Gasteiger partial charge in [-0.05, 0) is 0 Å². The third-order valence-corrected chi connectivity index (χ3v) is 1.72. The molecule has 0 saturated heterocycles. The number of rotatable bonds is 2. The van der Waals surface area contributed by atoms with Crippen LogP contribution in [0.15, 0.2) is 6.07 Å². The monoisotopic (exact) mass is 259 g/mol. The number of nitrogens with zero attached hydrogens (tertiary/aromatic N) is 1. The summed E-state index contributed by atoms with van der Waals surface area (Å²) in [6.45, 7) is 0. The highest BCUT2D eigenvalue weighted by Crippen LogP contribution is 2.32. The van der Waals surface area contributed by atoms with Crippen molar-refractivity contribution in [1.82, 2.24) is 4.98 Å². The Morgan fingerprint density at radius 3 is 2.24 bits per heavy atom. The average molecular weight is 259 g/mol. The maximum absolute atomic E-state index is 13.0. The first-order valence-corrected chi connectivity index (χ1v) is 3.93. The van der Waals surface area contributed by atoms with Gasteiger partial charge in [0.1, 0.15) is 11.5 Å². The van der Waals surface area contributed by atoms with E-state index >= 15 is 0 Å². The van der Waals surface area contributed by atoms with E-state index in [1.807, 2.05) is 0 Å². The van der Waals surface area contributed by atoms with Crippen LogP contribution in [0.3, 0.4) is 0 Å². The summed E-state index contributed by atoms with van der Waals surface area (Å²) in [5.74, 6) is -4.12. The van der Waals surface area contributed by atoms with Crippen LogP contribution >= 0.6 is 0 Å². The second-order valence-electron chi connectivity index (χ2n) is 2.86. The predicted octanol–water partition coefficient (Wildman–Crippen LogP) is 2.88. The Bertz CT molecular complexity index is 456. The van der Waals surface area contributed by atoms with Crippen LogP contribution in [0, 0.1) is 5.82 Å². The van der Waals surface area contributed by atoms with Crippen molar-refractivity contribution < 1.29 is 36.2 Å². The molecule has 1 aromatic heterocycles. The summed E-state index contributed by atoms with van der Waals surface area (Å²) in [5.41, 5.74) is -5.19. The van der Waals surface area contributed by atoms with Gasteiger partial charge in [0, 0.05) is 6.07 Å². The molecule has 3 nitrogen and oxygen atoms in total. The molecule has 1 heterocycles. The Labute approximate surface area is 89.7 Å². The van der Waals surface area contributed by atoms with Gasteiger partial charge < -0.3 is 5.11 Å². The molecule has 0 atom stereocenters. The van der Waals surface area contributed by atoms with E-state index < -0.39 is 41.3 Å². The summed E-state index contributed by atoms with van der Waals surface area (Å²) in [6, 6.07) is -0.270. The molecule has 0 radical (unpaired) electrons. The van der Waals surface area contributed by atoms with Gasteiger partial charge in [-0.25, -0.2) is 22.9 Å². The first-order chi connectivity index (χ1) is 7.64. The molecule has 0 bridgehead atoms. The molecule has 0 unspecified atom stereocenters. The second-order valence-corrected chi connectivity index (χ2v) is 2.86. The smallest absolute Gasteiger partial charge is 0.433 e. The van der Waals surface area contributed by atoms with Crippen LogP contribution < -0.4 is 0 Å². The number of pyridine rings is 1. The van der Waals surface area contributed by atoms with E-state index in [0.717, 1.165) is 0 Å². The van der Waals surface area contributed by atoms with E-state index in [9.17, 15) is 31.1 Å². The topological polar surface area (TPSA) is 50.2 Å². The van der Waals surface area contributed by atoms with Crippen molar-refractivity contribution in [2.24, 2.45) is 0 Å². The van der Waals surface area contributed by atoms with E-state index in [1.54, 1.807) is 0 Å². The first kappa shape index (κ1) is 13.3. The van der Waals surface area contributed by atoms with E-state index in [0.29, 0.717) is 0 Å². The van der Waals surface area contributed by atoms with Crippen LogP contribution in [-0.4, -0.2) is 16.1 Å². The zero-order valence-electron chi connectivity index (χ0n) is 7.73. The number of aromatic carboxylic acids is 1. The molecule has 0 aromatic carbocycles. The number of alkyl halides is 5. The molecule has 1 N–H and O–H groups in total. The van der Waals surface area contributed by atoms with Crippen LogP contribution in [0.2, 0.25) is 0 Å². The Balaban J connectivity index is 3.53. The zero-order valence-corrected chi connectivity index (χ0v) is 7.73. The lowest BCUT2D eigenvalue weighted by molar-refractivity contribution is -0.141. The third kappa shape index (κ3) is 2.66.